The van der Waals surface area contributed by atoms with Gasteiger partial charge in [-0.05, 0) is 0 Å². The number of aliphatic carboxylic acids is 4. The zero-order valence-corrected chi connectivity index (χ0v) is 19.0. The number of rotatable bonds is 6. The van der Waals surface area contributed by atoms with Gasteiger partial charge < -0.3 is 49.0 Å². The quantitative estimate of drug-likeness (QED) is 0.249. The molecular weight excluding hydrogens is 492 g/mol. The van der Waals surface area contributed by atoms with Crippen LogP contribution in [-0.4, -0.2) is 135 Å². The van der Waals surface area contributed by atoms with Crippen LogP contribution in [0.1, 0.15) is 0 Å². The first-order chi connectivity index (χ1) is 15.3. The molecule has 1 aliphatic rings. The molecule has 1 rings (SSSR count). The largest absolute Gasteiger partial charge is 2.00 e. The second kappa shape index (κ2) is 17.6. The molecule has 0 amide bonds. The number of hydrogen-bond donors (Lipinski definition) is 2. The van der Waals surface area contributed by atoms with Crippen LogP contribution in [0.5, 0.6) is 0 Å². The Morgan fingerprint density at radius 1 is 0.576 bits per heavy atom. The zero-order chi connectivity index (χ0) is 23.9. The van der Waals surface area contributed by atoms with Crippen LogP contribution in [0.2, 0.25) is 0 Å². The van der Waals surface area contributed by atoms with Gasteiger partial charge in [-0.15, -0.1) is 0 Å². The second-order valence-electron chi connectivity index (χ2n) is 6.64. The van der Waals surface area contributed by atoms with Gasteiger partial charge in [0.2, 0.25) is 6.04 Å². The zero-order valence-electron chi connectivity index (χ0n) is 17.9. The van der Waals surface area contributed by atoms with Crippen LogP contribution in [-0.2, 0) is 55.2 Å². The van der Waals surface area contributed by atoms with E-state index in [9.17, 15) is 39.6 Å². The van der Waals surface area contributed by atoms with Crippen LogP contribution in [0.25, 0.3) is 0 Å². The van der Waals surface area contributed by atoms with Crippen molar-refractivity contribution < 1.29 is 75.6 Å². The van der Waals surface area contributed by atoms with Gasteiger partial charge in [0.15, 0.2) is 0 Å². The molecule has 0 atom stereocenters. The monoisotopic (exact) mass is 520 g/mol. The van der Waals surface area contributed by atoms with Crippen LogP contribution in [0.3, 0.4) is 0 Å². The summed E-state index contributed by atoms with van der Waals surface area (Å²) in [6.07, 6.45) is 0. The minimum atomic E-state index is -1.96. The van der Waals surface area contributed by atoms with Crippen molar-refractivity contribution in [3.8, 4) is 0 Å². The Morgan fingerprint density at radius 2 is 0.848 bits per heavy atom. The van der Waals surface area contributed by atoms with Crippen molar-refractivity contribution in [2.24, 2.45) is 0 Å². The van der Waals surface area contributed by atoms with Gasteiger partial charge in [0.1, 0.15) is 0 Å². The second-order valence-corrected chi connectivity index (χ2v) is 6.64. The minimum absolute atomic E-state index is 0. The van der Waals surface area contributed by atoms with Gasteiger partial charge in [0.05, 0.1) is 70.8 Å². The van der Waals surface area contributed by atoms with E-state index in [0.717, 1.165) is 4.90 Å². The fraction of sp³-hybridized carbons (Fsp3) is 0.778. The summed E-state index contributed by atoms with van der Waals surface area (Å²) in [5.74, 6) is -6.60. The molecule has 1 heterocycles. The summed E-state index contributed by atoms with van der Waals surface area (Å²) in [6.45, 7) is 0.410. The Hall–Kier alpha value is -1.84. The molecule has 14 nitrogen and oxygen atoms in total. The maximum atomic E-state index is 11.3. The van der Waals surface area contributed by atoms with Crippen molar-refractivity contribution in [3.63, 3.8) is 0 Å². The number of carboxylic acid groups (broad SMARTS) is 4. The summed E-state index contributed by atoms with van der Waals surface area (Å²) in [5, 5.41) is 40.7. The molecule has 0 aromatic heterocycles. The maximum absolute atomic E-state index is 11.3. The van der Waals surface area contributed by atoms with Gasteiger partial charge in [-0.3, -0.25) is 9.80 Å². The van der Waals surface area contributed by atoms with E-state index in [0.29, 0.717) is 0 Å². The van der Waals surface area contributed by atoms with Gasteiger partial charge in [-0.25, -0.2) is 9.59 Å². The van der Waals surface area contributed by atoms with Crippen LogP contribution >= 0.6 is 0 Å². The van der Waals surface area contributed by atoms with Crippen LogP contribution in [0.4, 0.5) is 0 Å². The Balaban J connectivity index is 0.0000102. The number of nitrogens with zero attached hydrogens (tertiary/aromatic N) is 2. The van der Waals surface area contributed by atoms with Crippen molar-refractivity contribution >= 4 is 23.9 Å². The van der Waals surface area contributed by atoms with Crippen molar-refractivity contribution in [3.05, 3.63) is 0 Å². The smallest absolute Gasteiger partial charge is 0.548 e. The Labute approximate surface area is 200 Å². The molecule has 1 saturated heterocycles. The third-order valence-corrected chi connectivity index (χ3v) is 4.48. The summed E-state index contributed by atoms with van der Waals surface area (Å²) >= 11 is 0. The van der Waals surface area contributed by atoms with E-state index >= 15 is 0 Å². The fourth-order valence-corrected chi connectivity index (χ4v) is 2.92. The van der Waals surface area contributed by atoms with Crippen LogP contribution < -0.4 is 10.2 Å². The average molecular weight is 520 g/mol. The molecule has 0 radical (unpaired) electrons. The SMILES string of the molecule is O=C([O-])C(C(=O)[O-])N1CCOCCOCCN(C(C(=O)O)C(=O)O)CCOCCOCC1.[Fe+2]. The van der Waals surface area contributed by atoms with Gasteiger partial charge in [-0.2, -0.15) is 0 Å². The summed E-state index contributed by atoms with van der Waals surface area (Å²) < 4.78 is 21.3. The van der Waals surface area contributed by atoms with Crippen molar-refractivity contribution in [2.75, 3.05) is 79.0 Å². The van der Waals surface area contributed by atoms with Crippen LogP contribution in [0, 0.1) is 0 Å². The van der Waals surface area contributed by atoms with Gasteiger partial charge in [0, 0.05) is 26.2 Å². The molecule has 0 spiro atoms. The summed E-state index contributed by atoms with van der Waals surface area (Å²) in [6, 6.07) is -3.70. The third-order valence-electron chi connectivity index (χ3n) is 4.48. The van der Waals surface area contributed by atoms with E-state index in [1.54, 1.807) is 0 Å². The average Bonchev–Trinajstić information content (AvgIpc) is 2.69. The fourth-order valence-electron chi connectivity index (χ4n) is 2.92. The van der Waals surface area contributed by atoms with Gasteiger partial charge in [-0.1, -0.05) is 0 Å². The Kier molecular flexibility index (Phi) is 16.6. The van der Waals surface area contributed by atoms with E-state index in [4.69, 9.17) is 18.9 Å². The van der Waals surface area contributed by atoms with Crippen molar-refractivity contribution in [1.82, 2.24) is 9.80 Å². The first-order valence-electron chi connectivity index (χ1n) is 9.92. The van der Waals surface area contributed by atoms with E-state index in [2.05, 4.69) is 0 Å². The Bertz CT molecular complexity index is 523. The topological polar surface area (TPSA) is 198 Å². The van der Waals surface area contributed by atoms with Crippen LogP contribution in [0.15, 0.2) is 0 Å². The number of ether oxygens (including phenoxy) is 4. The first kappa shape index (κ1) is 31.2. The summed E-state index contributed by atoms with van der Waals surface area (Å²) in [4.78, 5) is 47.2. The number of carbonyl (C=O) groups excluding carboxylic acids is 2. The number of hydrogen-bond acceptors (Lipinski definition) is 12. The van der Waals surface area contributed by atoms with E-state index < -0.39 is 36.0 Å². The maximum Gasteiger partial charge on any atom is 2.00 e. The van der Waals surface area contributed by atoms with Crippen molar-refractivity contribution in [1.29, 1.82) is 0 Å². The Morgan fingerprint density at radius 3 is 1.09 bits per heavy atom. The molecule has 0 saturated carbocycles. The minimum Gasteiger partial charge on any atom is -0.548 e. The summed E-state index contributed by atoms with van der Waals surface area (Å²) in [5.41, 5.74) is 0. The molecule has 0 bridgehead atoms. The normalized spacial score (nSPS) is 19.2. The molecule has 0 aliphatic carbocycles. The molecule has 2 N–H and O–H groups in total. The third kappa shape index (κ3) is 12.3. The molecular formula is C18H28FeN2O12. The predicted octanol–water partition coefficient (Wildman–Crippen LogP) is -4.93. The molecule has 15 heteroatoms. The standard InChI is InChI=1S/C18H30N2O12.Fe/c21-15(22)13(16(23)24)19-1-5-29-9-10-31-7-3-20(14(17(25)26)18(27)28)4-8-32-12-11-30-6-2-19;/h13-14H,1-12H2,(H,21,22)(H,23,24)(H,25,26)(H,27,28);/q;+2/p-2. The molecule has 0 unspecified atom stereocenters. The van der Waals surface area contributed by atoms with E-state index in [1.807, 2.05) is 0 Å². The van der Waals surface area contributed by atoms with E-state index in [-0.39, 0.29) is 96.1 Å². The first-order valence-corrected chi connectivity index (χ1v) is 9.92. The summed E-state index contributed by atoms with van der Waals surface area (Å²) in [7, 11) is 0. The van der Waals surface area contributed by atoms with E-state index in [1.165, 1.54) is 4.90 Å². The van der Waals surface area contributed by atoms with Gasteiger partial charge >= 0.3 is 29.0 Å². The molecule has 1 aliphatic heterocycles. The van der Waals surface area contributed by atoms with Crippen molar-refractivity contribution in [2.45, 2.75) is 12.1 Å². The molecule has 1 fully saturated rings. The molecule has 0 aromatic carbocycles. The number of carbonyl (C=O) groups is 4. The molecule has 190 valence electrons. The molecule has 33 heavy (non-hydrogen) atoms. The van der Waals surface area contributed by atoms with Gasteiger partial charge in [0.25, 0.3) is 0 Å². The number of carboxylic acids is 4. The molecule has 0 aromatic rings. The predicted molar refractivity (Wildman–Crippen MR) is 99.3 cm³/mol.